The summed E-state index contributed by atoms with van der Waals surface area (Å²) in [7, 11) is 1.19. The van der Waals surface area contributed by atoms with Gasteiger partial charge in [-0.15, -0.1) is 0 Å². The van der Waals surface area contributed by atoms with Crippen LogP contribution in [0, 0.1) is 15.9 Å². The molecule has 0 fully saturated rings. The first kappa shape index (κ1) is 24.1. The summed E-state index contributed by atoms with van der Waals surface area (Å²) in [6.07, 6.45) is 2.26. The van der Waals surface area contributed by atoms with Gasteiger partial charge in [-0.05, 0) is 23.8 Å². The number of methoxy groups -OCH3 is 1. The van der Waals surface area contributed by atoms with Gasteiger partial charge in [-0.25, -0.2) is 4.39 Å². The van der Waals surface area contributed by atoms with E-state index < -0.39 is 28.9 Å². The molecular formula is C20H19F3N2O5S. The molecule has 0 spiro atoms. The van der Waals surface area contributed by atoms with Gasteiger partial charge in [0.25, 0.3) is 5.69 Å². The third kappa shape index (κ3) is 7.52. The van der Waals surface area contributed by atoms with Crippen molar-refractivity contribution in [1.29, 1.82) is 0 Å². The molecule has 0 aromatic heterocycles. The topological polar surface area (TPSA) is 90.7 Å². The number of benzene rings is 2. The third-order valence-electron chi connectivity index (χ3n) is 3.90. The van der Waals surface area contributed by atoms with Gasteiger partial charge in [-0.2, -0.15) is 20.5 Å². The largest absolute Gasteiger partial charge is 0.493 e. The van der Waals surface area contributed by atoms with E-state index in [2.05, 4.69) is 10.1 Å². The smallest absolute Gasteiger partial charge is 0.387 e. The maximum Gasteiger partial charge on any atom is 0.387 e. The lowest BCUT2D eigenvalue weighted by Gasteiger charge is -2.10. The summed E-state index contributed by atoms with van der Waals surface area (Å²) in [5.41, 5.74) is 0.0211. The molecule has 2 aromatic rings. The lowest BCUT2D eigenvalue weighted by molar-refractivity contribution is -0.385. The quantitative estimate of drug-likeness (QED) is 0.233. The van der Waals surface area contributed by atoms with Crippen molar-refractivity contribution < 1.29 is 32.4 Å². The van der Waals surface area contributed by atoms with E-state index in [1.165, 1.54) is 31.0 Å². The van der Waals surface area contributed by atoms with Crippen LogP contribution >= 0.6 is 11.8 Å². The van der Waals surface area contributed by atoms with E-state index in [1.54, 1.807) is 18.2 Å². The van der Waals surface area contributed by atoms with E-state index in [-0.39, 0.29) is 17.1 Å². The highest BCUT2D eigenvalue weighted by molar-refractivity contribution is 7.98. The average molecular weight is 456 g/mol. The van der Waals surface area contributed by atoms with Gasteiger partial charge in [-0.1, -0.05) is 18.2 Å². The van der Waals surface area contributed by atoms with Gasteiger partial charge in [0.05, 0.1) is 23.7 Å². The number of nitrogens with zero attached hydrogens (tertiary/aromatic N) is 1. The number of alkyl halides is 2. The number of hydrogen-bond acceptors (Lipinski definition) is 6. The Morgan fingerprint density at radius 2 is 2.03 bits per heavy atom. The minimum absolute atomic E-state index is 0.0208. The van der Waals surface area contributed by atoms with Gasteiger partial charge in [-0.3, -0.25) is 14.9 Å². The molecular weight excluding hydrogens is 437 g/mol. The molecule has 0 aliphatic carbocycles. The Bertz CT molecular complexity index is 956. The van der Waals surface area contributed by atoms with Gasteiger partial charge >= 0.3 is 6.61 Å². The van der Waals surface area contributed by atoms with Crippen LogP contribution in [0.25, 0.3) is 6.08 Å². The maximum atomic E-state index is 13.5. The first-order chi connectivity index (χ1) is 14.8. The normalized spacial score (nSPS) is 11.0. The summed E-state index contributed by atoms with van der Waals surface area (Å²) in [6, 6.07) is 8.35. The van der Waals surface area contributed by atoms with Crippen molar-refractivity contribution in [2.24, 2.45) is 0 Å². The Labute approximate surface area is 180 Å². The summed E-state index contributed by atoms with van der Waals surface area (Å²) in [4.78, 5) is 22.4. The van der Waals surface area contributed by atoms with E-state index in [4.69, 9.17) is 4.74 Å². The summed E-state index contributed by atoms with van der Waals surface area (Å²) < 4.78 is 47.6. The molecule has 0 atom stereocenters. The fourth-order valence-corrected chi connectivity index (χ4v) is 3.32. The molecule has 1 N–H and O–H groups in total. The molecule has 0 heterocycles. The van der Waals surface area contributed by atoms with Crippen molar-refractivity contribution in [2.45, 2.75) is 12.4 Å². The van der Waals surface area contributed by atoms with Crippen molar-refractivity contribution in [3.05, 3.63) is 69.5 Å². The number of halogens is 3. The van der Waals surface area contributed by atoms with Gasteiger partial charge in [0, 0.05) is 24.1 Å². The SMILES string of the molecule is COc1cc(/C=C/C(=O)NCCSCc2ccccc2F)c([N+](=O)[O-])cc1OC(F)F. The zero-order valence-corrected chi connectivity index (χ0v) is 17.2. The van der Waals surface area contributed by atoms with E-state index in [1.807, 2.05) is 0 Å². The van der Waals surface area contributed by atoms with Crippen LogP contribution in [0.1, 0.15) is 11.1 Å². The minimum atomic E-state index is -3.18. The number of nitrogens with one attached hydrogen (secondary N) is 1. The first-order valence-corrected chi connectivity index (χ1v) is 10.1. The lowest BCUT2D eigenvalue weighted by atomic mass is 10.1. The van der Waals surface area contributed by atoms with Crippen LogP contribution in [0.15, 0.2) is 42.5 Å². The molecule has 0 radical (unpaired) electrons. The zero-order valence-electron chi connectivity index (χ0n) is 16.3. The van der Waals surface area contributed by atoms with Gasteiger partial charge in [0.15, 0.2) is 11.5 Å². The second kappa shape index (κ2) is 11.8. The Kier molecular flexibility index (Phi) is 9.19. The molecule has 31 heavy (non-hydrogen) atoms. The summed E-state index contributed by atoms with van der Waals surface area (Å²) in [6.45, 7) is -2.88. The van der Waals surface area contributed by atoms with Gasteiger partial charge in [0.1, 0.15) is 5.82 Å². The highest BCUT2D eigenvalue weighted by Gasteiger charge is 2.20. The molecule has 2 aromatic carbocycles. The molecule has 166 valence electrons. The molecule has 7 nitrogen and oxygen atoms in total. The standard InChI is InChI=1S/C20H19F3N2O5S/c1-29-17-10-13(16(25(27)28)11-18(17)30-20(22)23)6-7-19(26)24-8-9-31-12-14-4-2-3-5-15(14)21/h2-7,10-11,20H,8-9,12H2,1H3,(H,24,26)/b7-6+. The first-order valence-electron chi connectivity index (χ1n) is 8.90. The van der Waals surface area contributed by atoms with Crippen molar-refractivity contribution >= 4 is 29.4 Å². The lowest BCUT2D eigenvalue weighted by Crippen LogP contribution is -2.23. The van der Waals surface area contributed by atoms with Crippen LogP contribution in [0.4, 0.5) is 18.9 Å². The predicted molar refractivity (Wildman–Crippen MR) is 111 cm³/mol. The molecule has 2 rings (SSSR count). The second-order valence-corrected chi connectivity index (χ2v) is 7.07. The molecule has 11 heteroatoms. The number of hydrogen-bond donors (Lipinski definition) is 1. The van der Waals surface area contributed by atoms with E-state index in [0.717, 1.165) is 18.2 Å². The van der Waals surface area contributed by atoms with Gasteiger partial charge < -0.3 is 14.8 Å². The number of thioether (sulfide) groups is 1. The Hall–Kier alpha value is -3.21. The van der Waals surface area contributed by atoms with Crippen LogP contribution in [-0.2, 0) is 10.5 Å². The second-order valence-electron chi connectivity index (χ2n) is 5.97. The monoisotopic (exact) mass is 456 g/mol. The predicted octanol–water partition coefficient (Wildman–Crippen LogP) is 4.41. The fourth-order valence-electron chi connectivity index (χ4n) is 2.47. The van der Waals surface area contributed by atoms with Crippen LogP contribution in [-0.4, -0.2) is 36.8 Å². The highest BCUT2D eigenvalue weighted by Crippen LogP contribution is 2.36. The van der Waals surface area contributed by atoms with Crippen molar-refractivity contribution in [2.75, 3.05) is 19.4 Å². The molecule has 0 aliphatic rings. The van der Waals surface area contributed by atoms with E-state index in [0.29, 0.717) is 23.6 Å². The van der Waals surface area contributed by atoms with E-state index >= 15 is 0 Å². The maximum absolute atomic E-state index is 13.5. The molecule has 0 saturated carbocycles. The van der Waals surface area contributed by atoms with E-state index in [9.17, 15) is 28.1 Å². The Morgan fingerprint density at radius 3 is 2.68 bits per heavy atom. The van der Waals surface area contributed by atoms with Crippen molar-refractivity contribution in [3.8, 4) is 11.5 Å². The van der Waals surface area contributed by atoms with Crippen molar-refractivity contribution in [1.82, 2.24) is 5.32 Å². The number of nitro groups is 1. The fraction of sp³-hybridized carbons (Fsp3) is 0.250. The number of ether oxygens (including phenoxy) is 2. The van der Waals surface area contributed by atoms with Crippen LogP contribution in [0.3, 0.4) is 0 Å². The summed E-state index contributed by atoms with van der Waals surface area (Å²) in [5.74, 6) is -0.441. The van der Waals surface area contributed by atoms with Crippen LogP contribution in [0.2, 0.25) is 0 Å². The Morgan fingerprint density at radius 1 is 1.29 bits per heavy atom. The molecule has 0 saturated heterocycles. The molecule has 0 bridgehead atoms. The average Bonchev–Trinajstić information content (AvgIpc) is 2.73. The summed E-state index contributed by atoms with van der Waals surface area (Å²) >= 11 is 1.43. The number of carbonyl (C=O) groups excluding carboxylic acids is 1. The number of carbonyl (C=O) groups is 1. The zero-order chi connectivity index (χ0) is 22.8. The minimum Gasteiger partial charge on any atom is -0.493 e. The number of nitro benzene ring substituents is 1. The Balaban J connectivity index is 1.94. The van der Waals surface area contributed by atoms with Gasteiger partial charge in [0.2, 0.25) is 5.91 Å². The summed E-state index contributed by atoms with van der Waals surface area (Å²) in [5, 5.41) is 13.9. The van der Waals surface area contributed by atoms with Crippen LogP contribution in [0.5, 0.6) is 11.5 Å². The number of amides is 1. The third-order valence-corrected chi connectivity index (χ3v) is 4.91. The molecule has 0 unspecified atom stereocenters. The molecule has 0 aliphatic heterocycles. The highest BCUT2D eigenvalue weighted by atomic mass is 32.2. The molecule has 1 amide bonds. The van der Waals surface area contributed by atoms with Crippen molar-refractivity contribution in [3.63, 3.8) is 0 Å². The van der Waals surface area contributed by atoms with Crippen LogP contribution < -0.4 is 14.8 Å². The number of rotatable bonds is 11.